The van der Waals surface area contributed by atoms with E-state index in [1.165, 1.54) is 34.4 Å². The molecule has 1 aromatic carbocycles. The molecular weight excluding hydrogens is 515 g/mol. The number of amides is 2. The van der Waals surface area contributed by atoms with Crippen LogP contribution in [-0.2, 0) is 11.3 Å². The molecule has 0 aliphatic carbocycles. The molecule has 0 spiro atoms. The fourth-order valence-electron chi connectivity index (χ4n) is 5.29. The molecule has 6 rings (SSSR count). The number of hydrogen-bond acceptors (Lipinski definition) is 7. The van der Waals surface area contributed by atoms with Crippen molar-refractivity contribution in [3.05, 3.63) is 94.8 Å². The predicted molar refractivity (Wildman–Crippen MR) is 147 cm³/mol. The first-order chi connectivity index (χ1) is 19.0. The molecule has 5 heterocycles. The van der Waals surface area contributed by atoms with Gasteiger partial charge in [0.2, 0.25) is 0 Å². The molecule has 2 aliphatic rings. The monoisotopic (exact) mass is 542 g/mol. The van der Waals surface area contributed by atoms with Crippen LogP contribution in [0.3, 0.4) is 0 Å². The minimum atomic E-state index is -1.05. The number of rotatable bonds is 6. The molecule has 198 valence electrons. The standard InChI is InChI=1S/C29H27FN6O2S/c1-35-10-7-18(8-11-35)24-6-5-20(15-32-24)21-14-23-25(33-16-21)17-36(28(23)38)26(19-3-2-4-22(30)13-19)27(37)34-29-31-9-12-39-29/h2-6,9,12-16,18,26H,7-8,10-11,17H2,1H3,(H,31,34,37). The maximum absolute atomic E-state index is 14.2. The second-order valence-electron chi connectivity index (χ2n) is 9.98. The van der Waals surface area contributed by atoms with Crippen LogP contribution >= 0.6 is 11.3 Å². The van der Waals surface area contributed by atoms with Gasteiger partial charge in [0, 0.05) is 46.7 Å². The number of hydrogen-bond donors (Lipinski definition) is 1. The number of likely N-dealkylation sites (tertiary alicyclic amines) is 1. The Morgan fingerprint density at radius 2 is 1.90 bits per heavy atom. The summed E-state index contributed by atoms with van der Waals surface area (Å²) in [5.74, 6) is -0.830. The molecule has 0 saturated carbocycles. The van der Waals surface area contributed by atoms with Crippen LogP contribution < -0.4 is 5.32 Å². The number of nitrogens with zero attached hydrogens (tertiary/aromatic N) is 5. The van der Waals surface area contributed by atoms with Gasteiger partial charge in [0.25, 0.3) is 11.8 Å². The highest BCUT2D eigenvalue weighted by Gasteiger charge is 2.39. The maximum Gasteiger partial charge on any atom is 0.257 e. The molecule has 1 fully saturated rings. The van der Waals surface area contributed by atoms with Crippen molar-refractivity contribution >= 4 is 28.3 Å². The SMILES string of the molecule is CN1CCC(c2ccc(-c3cnc4c(c3)C(=O)N(C(C(=O)Nc3nccs3)c3cccc(F)c3)C4)cn2)CC1. The van der Waals surface area contributed by atoms with Crippen molar-refractivity contribution in [1.29, 1.82) is 0 Å². The third-order valence-electron chi connectivity index (χ3n) is 7.43. The first-order valence-corrected chi connectivity index (χ1v) is 13.7. The van der Waals surface area contributed by atoms with Crippen LogP contribution in [0.25, 0.3) is 11.1 Å². The molecule has 1 atom stereocenters. The van der Waals surface area contributed by atoms with Crippen molar-refractivity contribution in [3.8, 4) is 11.1 Å². The summed E-state index contributed by atoms with van der Waals surface area (Å²) < 4.78 is 14.2. The van der Waals surface area contributed by atoms with Gasteiger partial charge >= 0.3 is 0 Å². The van der Waals surface area contributed by atoms with Gasteiger partial charge in [0.05, 0.1) is 17.8 Å². The smallest absolute Gasteiger partial charge is 0.257 e. The number of pyridine rings is 2. The van der Waals surface area contributed by atoms with Crippen LogP contribution in [-0.4, -0.2) is 56.7 Å². The first-order valence-electron chi connectivity index (χ1n) is 12.9. The molecule has 1 unspecified atom stereocenters. The lowest BCUT2D eigenvalue weighted by molar-refractivity contribution is -0.120. The number of thiazole rings is 1. The lowest BCUT2D eigenvalue weighted by Crippen LogP contribution is -2.37. The number of nitrogens with one attached hydrogen (secondary N) is 1. The van der Waals surface area contributed by atoms with E-state index in [9.17, 15) is 14.0 Å². The molecule has 1 N–H and O–H groups in total. The summed E-state index contributed by atoms with van der Waals surface area (Å²) in [6.07, 6.45) is 7.33. The van der Waals surface area contributed by atoms with Crippen LogP contribution in [0.15, 0.2) is 66.4 Å². The number of benzene rings is 1. The molecule has 8 nitrogen and oxygen atoms in total. The van der Waals surface area contributed by atoms with E-state index in [-0.39, 0.29) is 12.5 Å². The Bertz CT molecular complexity index is 1500. The molecule has 39 heavy (non-hydrogen) atoms. The Labute approximate surface area is 229 Å². The van der Waals surface area contributed by atoms with E-state index in [0.29, 0.717) is 27.9 Å². The number of anilines is 1. The molecule has 0 bridgehead atoms. The van der Waals surface area contributed by atoms with Crippen molar-refractivity contribution in [3.63, 3.8) is 0 Å². The van der Waals surface area contributed by atoms with E-state index in [1.807, 2.05) is 12.3 Å². The molecule has 10 heteroatoms. The average Bonchev–Trinajstić information content (AvgIpc) is 3.57. The quantitative estimate of drug-likeness (QED) is 0.373. The maximum atomic E-state index is 14.2. The van der Waals surface area contributed by atoms with Gasteiger partial charge in [-0.05, 0) is 62.8 Å². The zero-order chi connectivity index (χ0) is 26.9. The predicted octanol–water partition coefficient (Wildman–Crippen LogP) is 4.88. The summed E-state index contributed by atoms with van der Waals surface area (Å²) in [6, 6.07) is 10.6. The van der Waals surface area contributed by atoms with E-state index in [4.69, 9.17) is 4.98 Å². The summed E-state index contributed by atoms with van der Waals surface area (Å²) in [7, 11) is 2.14. The topological polar surface area (TPSA) is 91.3 Å². The Balaban J connectivity index is 1.26. The second-order valence-corrected chi connectivity index (χ2v) is 10.9. The summed E-state index contributed by atoms with van der Waals surface area (Å²) >= 11 is 1.27. The number of carbonyl (C=O) groups excluding carboxylic acids is 2. The van der Waals surface area contributed by atoms with Crippen LogP contribution in [0.5, 0.6) is 0 Å². The number of aromatic nitrogens is 3. The third kappa shape index (κ3) is 5.17. The van der Waals surface area contributed by atoms with Gasteiger partial charge in [-0.2, -0.15) is 0 Å². The summed E-state index contributed by atoms with van der Waals surface area (Å²) in [5, 5.41) is 4.90. The number of halogens is 1. The fraction of sp³-hybridized carbons (Fsp3) is 0.276. The van der Waals surface area contributed by atoms with Gasteiger partial charge in [-0.1, -0.05) is 18.2 Å². The summed E-state index contributed by atoms with van der Waals surface area (Å²) in [6.45, 7) is 2.27. The van der Waals surface area contributed by atoms with Crippen molar-refractivity contribution in [2.24, 2.45) is 0 Å². The van der Waals surface area contributed by atoms with E-state index >= 15 is 0 Å². The van der Waals surface area contributed by atoms with Crippen molar-refractivity contribution in [2.75, 3.05) is 25.5 Å². The summed E-state index contributed by atoms with van der Waals surface area (Å²) in [4.78, 5) is 44.2. The Kier molecular flexibility index (Phi) is 6.88. The first kappa shape index (κ1) is 25.3. The van der Waals surface area contributed by atoms with Crippen molar-refractivity contribution < 1.29 is 14.0 Å². The highest BCUT2D eigenvalue weighted by Crippen LogP contribution is 2.34. The number of fused-ring (bicyclic) bond motifs is 1. The van der Waals surface area contributed by atoms with Gasteiger partial charge in [-0.25, -0.2) is 9.37 Å². The Morgan fingerprint density at radius 1 is 1.08 bits per heavy atom. The fourth-order valence-corrected chi connectivity index (χ4v) is 5.82. The lowest BCUT2D eigenvalue weighted by atomic mass is 9.93. The average molecular weight is 543 g/mol. The Hall–Kier alpha value is -4.02. The van der Waals surface area contributed by atoms with E-state index in [1.54, 1.807) is 29.9 Å². The van der Waals surface area contributed by atoms with E-state index in [2.05, 4.69) is 33.3 Å². The number of piperidine rings is 1. The zero-order valence-electron chi connectivity index (χ0n) is 21.4. The van der Waals surface area contributed by atoms with Crippen molar-refractivity contribution in [2.45, 2.75) is 31.3 Å². The lowest BCUT2D eigenvalue weighted by Gasteiger charge is -2.28. The minimum Gasteiger partial charge on any atom is -0.316 e. The molecule has 1 saturated heterocycles. The minimum absolute atomic E-state index is 0.133. The highest BCUT2D eigenvalue weighted by molar-refractivity contribution is 7.13. The van der Waals surface area contributed by atoms with Crippen LogP contribution in [0.4, 0.5) is 9.52 Å². The van der Waals surface area contributed by atoms with Crippen LogP contribution in [0, 0.1) is 5.82 Å². The molecule has 2 aliphatic heterocycles. The molecule has 2 amide bonds. The number of carbonyl (C=O) groups is 2. The van der Waals surface area contributed by atoms with Gasteiger partial charge < -0.3 is 9.80 Å². The third-order valence-corrected chi connectivity index (χ3v) is 8.11. The van der Waals surface area contributed by atoms with Gasteiger partial charge in [0.1, 0.15) is 11.9 Å². The largest absolute Gasteiger partial charge is 0.316 e. The molecule has 0 radical (unpaired) electrons. The van der Waals surface area contributed by atoms with Crippen molar-refractivity contribution in [1.82, 2.24) is 24.8 Å². The van der Waals surface area contributed by atoms with Crippen LogP contribution in [0.2, 0.25) is 0 Å². The van der Waals surface area contributed by atoms with Crippen LogP contribution in [0.1, 0.15) is 52.1 Å². The molecule has 3 aromatic heterocycles. The molecular formula is C29H27FN6O2S. The summed E-state index contributed by atoms with van der Waals surface area (Å²) in [5.41, 5.74) is 4.11. The van der Waals surface area contributed by atoms with Gasteiger partial charge in [-0.3, -0.25) is 24.9 Å². The normalized spacial score (nSPS) is 16.8. The van der Waals surface area contributed by atoms with E-state index in [0.717, 1.165) is 42.8 Å². The second kappa shape index (κ2) is 10.6. The van der Waals surface area contributed by atoms with Gasteiger partial charge in [0.15, 0.2) is 5.13 Å². The zero-order valence-corrected chi connectivity index (χ0v) is 22.2. The highest BCUT2D eigenvalue weighted by atomic mass is 32.1. The Morgan fingerprint density at radius 3 is 2.62 bits per heavy atom. The van der Waals surface area contributed by atoms with Gasteiger partial charge in [-0.15, -0.1) is 11.3 Å². The van der Waals surface area contributed by atoms with E-state index < -0.39 is 17.8 Å². The molecule has 4 aromatic rings.